The van der Waals surface area contributed by atoms with Gasteiger partial charge in [0.1, 0.15) is 5.54 Å². The Kier molecular flexibility index (Phi) is 4.71. The van der Waals surface area contributed by atoms with Crippen molar-refractivity contribution in [2.45, 2.75) is 57.9 Å². The van der Waals surface area contributed by atoms with Crippen molar-refractivity contribution in [1.29, 1.82) is 0 Å². The van der Waals surface area contributed by atoms with E-state index in [1.165, 1.54) is 0 Å². The highest BCUT2D eigenvalue weighted by Crippen LogP contribution is 2.38. The zero-order chi connectivity index (χ0) is 16.4. The van der Waals surface area contributed by atoms with E-state index in [1.807, 2.05) is 22.1 Å². The molecule has 0 aliphatic carbocycles. The largest absolute Gasteiger partial charge is 0.341 e. The Balaban J connectivity index is 1.78. The van der Waals surface area contributed by atoms with Crippen molar-refractivity contribution in [2.24, 2.45) is 0 Å². The predicted molar refractivity (Wildman–Crippen MR) is 90.3 cm³/mol. The van der Waals surface area contributed by atoms with Gasteiger partial charge in [0.25, 0.3) is 0 Å². The molecule has 0 aromatic carbocycles. The lowest BCUT2D eigenvalue weighted by atomic mass is 9.85. The molecule has 3 heterocycles. The van der Waals surface area contributed by atoms with Crippen LogP contribution in [0.3, 0.4) is 0 Å². The fraction of sp³-hybridized carbons (Fsp3) is 0.706. The van der Waals surface area contributed by atoms with Gasteiger partial charge in [0, 0.05) is 25.0 Å². The second kappa shape index (κ2) is 6.59. The normalized spacial score (nSPS) is 24.7. The van der Waals surface area contributed by atoms with E-state index in [4.69, 9.17) is 0 Å². The summed E-state index contributed by atoms with van der Waals surface area (Å²) in [5.74, 6) is 0.227. The highest BCUT2D eigenvalue weighted by atomic mass is 32.1. The molecule has 5 nitrogen and oxygen atoms in total. The molecule has 2 fully saturated rings. The Labute approximate surface area is 141 Å². The maximum absolute atomic E-state index is 13.0. The fourth-order valence-corrected chi connectivity index (χ4v) is 4.63. The van der Waals surface area contributed by atoms with Crippen LogP contribution in [-0.2, 0) is 16.0 Å². The van der Waals surface area contributed by atoms with E-state index < -0.39 is 5.54 Å². The molecule has 2 amide bonds. The lowest BCUT2D eigenvalue weighted by Gasteiger charge is -2.44. The molecule has 2 saturated heterocycles. The first-order valence-electron chi connectivity index (χ1n) is 8.57. The number of amides is 2. The van der Waals surface area contributed by atoms with Gasteiger partial charge in [0.15, 0.2) is 0 Å². The molecular weight excluding hydrogens is 310 g/mol. The number of rotatable bonds is 4. The van der Waals surface area contributed by atoms with E-state index >= 15 is 0 Å². The third-order valence-electron chi connectivity index (χ3n) is 4.99. The van der Waals surface area contributed by atoms with Crippen LogP contribution in [0.25, 0.3) is 0 Å². The molecule has 126 valence electrons. The Morgan fingerprint density at radius 1 is 1.35 bits per heavy atom. The molecule has 6 heteroatoms. The summed E-state index contributed by atoms with van der Waals surface area (Å²) in [6, 6.07) is 0. The third kappa shape index (κ3) is 3.01. The van der Waals surface area contributed by atoms with Gasteiger partial charge in [-0.05, 0) is 39.0 Å². The van der Waals surface area contributed by atoms with Gasteiger partial charge >= 0.3 is 0 Å². The van der Waals surface area contributed by atoms with Gasteiger partial charge < -0.3 is 9.80 Å². The maximum atomic E-state index is 13.0. The topological polar surface area (TPSA) is 53.5 Å². The van der Waals surface area contributed by atoms with Crippen LogP contribution in [0.1, 0.15) is 49.7 Å². The van der Waals surface area contributed by atoms with Crippen molar-refractivity contribution in [3.05, 3.63) is 16.1 Å². The maximum Gasteiger partial charge on any atom is 0.248 e. The number of hydrogen-bond acceptors (Lipinski definition) is 4. The SMILES string of the molecule is CCCN1CCCC2(CCCN2C(=O)Cc2csc(C)n2)C1=O. The van der Waals surface area contributed by atoms with Gasteiger partial charge in [-0.3, -0.25) is 9.59 Å². The molecule has 1 aromatic rings. The van der Waals surface area contributed by atoms with E-state index in [1.54, 1.807) is 11.3 Å². The molecule has 0 bridgehead atoms. The molecule has 1 spiro atoms. The highest BCUT2D eigenvalue weighted by molar-refractivity contribution is 7.09. The molecule has 1 aromatic heterocycles. The van der Waals surface area contributed by atoms with Crippen LogP contribution in [0.15, 0.2) is 5.38 Å². The number of aromatic nitrogens is 1. The van der Waals surface area contributed by atoms with E-state index in [0.717, 1.165) is 55.9 Å². The van der Waals surface area contributed by atoms with Gasteiger partial charge in [0.2, 0.25) is 11.8 Å². The summed E-state index contributed by atoms with van der Waals surface area (Å²) in [5.41, 5.74) is 0.253. The molecule has 1 unspecified atom stereocenters. The minimum atomic E-state index is -0.574. The number of piperidine rings is 1. The highest BCUT2D eigenvalue weighted by Gasteiger charge is 2.52. The zero-order valence-corrected chi connectivity index (χ0v) is 14.8. The fourth-order valence-electron chi connectivity index (χ4n) is 4.01. The number of carbonyl (C=O) groups excluding carboxylic acids is 2. The number of likely N-dealkylation sites (tertiary alicyclic amines) is 2. The van der Waals surface area contributed by atoms with Crippen LogP contribution >= 0.6 is 11.3 Å². The second-order valence-electron chi connectivity index (χ2n) is 6.61. The van der Waals surface area contributed by atoms with Gasteiger partial charge in [-0.15, -0.1) is 11.3 Å². The van der Waals surface area contributed by atoms with E-state index in [0.29, 0.717) is 13.0 Å². The molecule has 23 heavy (non-hydrogen) atoms. The molecule has 0 radical (unpaired) electrons. The van der Waals surface area contributed by atoms with Gasteiger partial charge in [-0.1, -0.05) is 6.92 Å². The monoisotopic (exact) mass is 335 g/mol. The van der Waals surface area contributed by atoms with Crippen LogP contribution in [0.4, 0.5) is 0 Å². The number of aryl methyl sites for hydroxylation is 1. The molecular formula is C17H25N3O2S. The number of thiazole rings is 1. The average molecular weight is 335 g/mol. The van der Waals surface area contributed by atoms with Crippen molar-refractivity contribution < 1.29 is 9.59 Å². The number of hydrogen-bond donors (Lipinski definition) is 0. The van der Waals surface area contributed by atoms with Crippen molar-refractivity contribution in [3.63, 3.8) is 0 Å². The summed E-state index contributed by atoms with van der Waals surface area (Å²) < 4.78 is 0. The zero-order valence-electron chi connectivity index (χ0n) is 14.0. The molecule has 1 atom stereocenters. The van der Waals surface area contributed by atoms with Crippen molar-refractivity contribution in [1.82, 2.24) is 14.8 Å². The number of carbonyl (C=O) groups is 2. The van der Waals surface area contributed by atoms with Crippen LogP contribution < -0.4 is 0 Å². The first-order chi connectivity index (χ1) is 11.1. The van der Waals surface area contributed by atoms with E-state index in [-0.39, 0.29) is 11.8 Å². The summed E-state index contributed by atoms with van der Waals surface area (Å²) in [7, 11) is 0. The predicted octanol–water partition coefficient (Wildman–Crippen LogP) is 2.39. The minimum absolute atomic E-state index is 0.0551. The quantitative estimate of drug-likeness (QED) is 0.849. The number of nitrogens with zero attached hydrogens (tertiary/aromatic N) is 3. The Morgan fingerprint density at radius 2 is 2.09 bits per heavy atom. The average Bonchev–Trinajstić information content (AvgIpc) is 3.11. The first-order valence-corrected chi connectivity index (χ1v) is 9.45. The summed E-state index contributed by atoms with van der Waals surface area (Å²) >= 11 is 1.57. The van der Waals surface area contributed by atoms with Crippen LogP contribution in [0.2, 0.25) is 0 Å². The summed E-state index contributed by atoms with van der Waals surface area (Å²) in [6.45, 7) is 6.38. The summed E-state index contributed by atoms with van der Waals surface area (Å²) in [4.78, 5) is 34.1. The Hall–Kier alpha value is -1.43. The van der Waals surface area contributed by atoms with Crippen LogP contribution in [-0.4, -0.2) is 51.8 Å². The second-order valence-corrected chi connectivity index (χ2v) is 7.67. The lowest BCUT2D eigenvalue weighted by molar-refractivity contribution is -0.155. The van der Waals surface area contributed by atoms with Crippen LogP contribution in [0, 0.1) is 6.92 Å². The summed E-state index contributed by atoms with van der Waals surface area (Å²) in [5, 5.41) is 2.93. The minimum Gasteiger partial charge on any atom is -0.341 e. The Morgan fingerprint density at radius 3 is 2.74 bits per heavy atom. The van der Waals surface area contributed by atoms with E-state index in [2.05, 4.69) is 11.9 Å². The standard InChI is InChI=1S/C17H25N3O2S/c1-3-8-19-9-4-6-17(16(19)22)7-5-10-20(17)15(21)11-14-12-23-13(2)18-14/h12H,3-11H2,1-2H3. The molecule has 3 rings (SSSR count). The Bertz CT molecular complexity index is 598. The van der Waals surface area contributed by atoms with E-state index in [9.17, 15) is 9.59 Å². The molecule has 0 saturated carbocycles. The molecule has 0 N–H and O–H groups in total. The molecule has 2 aliphatic heterocycles. The van der Waals surface area contributed by atoms with Crippen molar-refractivity contribution in [3.8, 4) is 0 Å². The van der Waals surface area contributed by atoms with Gasteiger partial charge in [-0.25, -0.2) is 4.98 Å². The van der Waals surface area contributed by atoms with Crippen molar-refractivity contribution in [2.75, 3.05) is 19.6 Å². The van der Waals surface area contributed by atoms with Gasteiger partial charge in [0.05, 0.1) is 17.1 Å². The molecule has 2 aliphatic rings. The lowest BCUT2D eigenvalue weighted by Crippen LogP contribution is -2.61. The van der Waals surface area contributed by atoms with Crippen LogP contribution in [0.5, 0.6) is 0 Å². The summed E-state index contributed by atoms with van der Waals surface area (Å²) in [6.07, 6.45) is 4.82. The van der Waals surface area contributed by atoms with Crippen molar-refractivity contribution >= 4 is 23.2 Å². The smallest absolute Gasteiger partial charge is 0.248 e. The van der Waals surface area contributed by atoms with Gasteiger partial charge in [-0.2, -0.15) is 0 Å². The third-order valence-corrected chi connectivity index (χ3v) is 5.81. The first kappa shape index (κ1) is 16.4.